The molecular weight excluding hydrogens is 490 g/mol. The van der Waals surface area contributed by atoms with Gasteiger partial charge >= 0.3 is 5.97 Å². The highest BCUT2D eigenvalue weighted by Gasteiger charge is 2.37. The van der Waals surface area contributed by atoms with E-state index in [0.29, 0.717) is 10.6 Å². The number of rotatable bonds is 10. The summed E-state index contributed by atoms with van der Waals surface area (Å²) in [7, 11) is -1.61. The number of hydrogen-bond acceptors (Lipinski definition) is 5. The Kier molecular flexibility index (Phi) is 9.65. The van der Waals surface area contributed by atoms with E-state index in [-0.39, 0.29) is 0 Å². The summed E-state index contributed by atoms with van der Waals surface area (Å²) in [6.07, 6.45) is 0. The molecule has 1 N–H and O–H groups in total. The number of Topliss-reactive ketones (excluding diaryl/α,β-unsaturated/α-hetero) is 1. The summed E-state index contributed by atoms with van der Waals surface area (Å²) in [5, 5.41) is 0. The maximum Gasteiger partial charge on any atom is 0.375 e. The van der Waals surface area contributed by atoms with Crippen LogP contribution < -0.4 is 4.72 Å². The first-order valence-electron chi connectivity index (χ1n) is 11.8. The topological polar surface area (TPSA) is 72.5 Å². The second kappa shape index (κ2) is 12.5. The van der Waals surface area contributed by atoms with Crippen LogP contribution in [-0.4, -0.2) is 27.3 Å². The molecule has 0 radical (unpaired) electrons. The number of carbonyl (C=O) groups is 2. The van der Waals surface area contributed by atoms with Gasteiger partial charge in [0, 0.05) is 10.6 Å². The zero-order valence-corrected chi connectivity index (χ0v) is 22.9. The van der Waals surface area contributed by atoms with Gasteiger partial charge in [-0.2, -0.15) is 0 Å². The highest BCUT2D eigenvalue weighted by atomic mass is 32.2. The quantitative estimate of drug-likeness (QED) is 0.201. The lowest BCUT2D eigenvalue weighted by Gasteiger charge is -2.28. The molecule has 190 valence electrons. The van der Waals surface area contributed by atoms with Crippen LogP contribution in [0.15, 0.2) is 88.7 Å². The number of ketones is 1. The molecule has 0 aliphatic rings. The van der Waals surface area contributed by atoms with Gasteiger partial charge in [0.2, 0.25) is 5.78 Å². The number of hydrogen-bond donors (Lipinski definition) is 1. The summed E-state index contributed by atoms with van der Waals surface area (Å²) in [4.78, 5) is 28.1. The van der Waals surface area contributed by atoms with Crippen LogP contribution in [0, 0.1) is 19.8 Å². The molecule has 0 aliphatic heterocycles. The third-order valence-corrected chi connectivity index (χ3v) is 7.94. The Morgan fingerprint density at radius 1 is 0.917 bits per heavy atom. The van der Waals surface area contributed by atoms with E-state index in [1.807, 2.05) is 80.6 Å². The fourth-order valence-corrected chi connectivity index (χ4v) is 5.81. The van der Waals surface area contributed by atoms with Gasteiger partial charge in [0.25, 0.3) is 0 Å². The van der Waals surface area contributed by atoms with Crippen LogP contribution in [0.25, 0.3) is 0 Å². The van der Waals surface area contributed by atoms with Crippen LogP contribution >= 0.6 is 11.8 Å². The fourth-order valence-electron chi connectivity index (χ4n) is 3.59. The van der Waals surface area contributed by atoms with Crippen LogP contribution in [0.3, 0.4) is 0 Å². The van der Waals surface area contributed by atoms with E-state index < -0.39 is 40.3 Å². The molecule has 0 saturated carbocycles. The minimum atomic E-state index is -1.61. The van der Waals surface area contributed by atoms with Gasteiger partial charge in [0.1, 0.15) is 16.6 Å². The van der Waals surface area contributed by atoms with E-state index in [1.54, 1.807) is 32.9 Å². The molecule has 0 bridgehead atoms. The zero-order valence-electron chi connectivity index (χ0n) is 21.3. The Hall–Kier alpha value is -2.74. The SMILES string of the molecule is Cc1ccc(S(=O)N[C@@H](c2ccccc2)[C@@H](CSc2ccccc2C)C(=O)C(=O)OC(C)(C)C)cc1. The van der Waals surface area contributed by atoms with Crippen molar-refractivity contribution in [3.8, 4) is 0 Å². The first-order valence-corrected chi connectivity index (χ1v) is 13.9. The number of carbonyl (C=O) groups excluding carboxylic acids is 2. The number of aryl methyl sites for hydroxylation is 2. The largest absolute Gasteiger partial charge is 0.454 e. The molecule has 0 heterocycles. The zero-order chi connectivity index (χ0) is 26.3. The van der Waals surface area contributed by atoms with Crippen molar-refractivity contribution in [1.82, 2.24) is 4.72 Å². The molecule has 3 aromatic rings. The van der Waals surface area contributed by atoms with Gasteiger partial charge < -0.3 is 4.74 Å². The maximum atomic E-state index is 13.6. The Morgan fingerprint density at radius 2 is 1.53 bits per heavy atom. The third kappa shape index (κ3) is 7.88. The lowest BCUT2D eigenvalue weighted by molar-refractivity contribution is -0.164. The number of nitrogens with one attached hydrogen (secondary N) is 1. The van der Waals surface area contributed by atoms with Gasteiger partial charge in [-0.25, -0.2) is 13.7 Å². The first kappa shape index (κ1) is 27.8. The normalized spacial score (nSPS) is 14.0. The average Bonchev–Trinajstić information content (AvgIpc) is 2.84. The van der Waals surface area contributed by atoms with E-state index in [4.69, 9.17) is 4.74 Å². The highest BCUT2D eigenvalue weighted by Crippen LogP contribution is 2.32. The molecule has 0 saturated heterocycles. The van der Waals surface area contributed by atoms with E-state index >= 15 is 0 Å². The van der Waals surface area contributed by atoms with Crippen molar-refractivity contribution in [1.29, 1.82) is 0 Å². The van der Waals surface area contributed by atoms with Gasteiger partial charge in [-0.05, 0) is 63.9 Å². The van der Waals surface area contributed by atoms with Crippen molar-refractivity contribution in [3.63, 3.8) is 0 Å². The Bertz CT molecular complexity index is 1200. The second-order valence-electron chi connectivity index (χ2n) is 9.64. The summed E-state index contributed by atoms with van der Waals surface area (Å²) in [5.74, 6) is -2.04. The molecule has 0 spiro atoms. The number of ether oxygens (including phenoxy) is 1. The van der Waals surface area contributed by atoms with Crippen molar-refractivity contribution < 1.29 is 18.5 Å². The molecule has 0 amide bonds. The maximum absolute atomic E-state index is 13.6. The molecule has 0 aliphatic carbocycles. The third-order valence-electron chi connectivity index (χ3n) is 5.48. The van der Waals surface area contributed by atoms with Crippen LogP contribution in [0.1, 0.15) is 43.5 Å². The summed E-state index contributed by atoms with van der Waals surface area (Å²) in [6.45, 7) is 9.16. The molecular formula is C29H33NO4S2. The monoisotopic (exact) mass is 523 g/mol. The van der Waals surface area contributed by atoms with E-state index in [2.05, 4.69) is 4.72 Å². The van der Waals surface area contributed by atoms with Gasteiger partial charge in [-0.1, -0.05) is 66.2 Å². The summed E-state index contributed by atoms with van der Waals surface area (Å²) < 4.78 is 22.0. The van der Waals surface area contributed by atoms with Crippen molar-refractivity contribution in [2.45, 2.75) is 56.1 Å². The van der Waals surface area contributed by atoms with E-state index in [1.165, 1.54) is 11.8 Å². The lowest BCUT2D eigenvalue weighted by atomic mass is 9.91. The standard InChI is InChI=1S/C29H33NO4S2/c1-20-15-17-23(18-16-20)36(33)30-26(22-12-7-6-8-13-22)24(27(31)28(32)34-29(3,4)5)19-35-25-14-10-9-11-21(25)2/h6-18,24,26,30H,19H2,1-5H3/t24-,26+,36?/m1/s1. The van der Waals surface area contributed by atoms with Gasteiger partial charge in [0.05, 0.1) is 16.9 Å². The molecule has 3 atom stereocenters. The predicted molar refractivity (Wildman–Crippen MR) is 146 cm³/mol. The highest BCUT2D eigenvalue weighted by molar-refractivity contribution is 7.99. The molecule has 5 nitrogen and oxygen atoms in total. The lowest BCUT2D eigenvalue weighted by Crippen LogP contribution is -2.41. The molecule has 36 heavy (non-hydrogen) atoms. The van der Waals surface area contributed by atoms with Crippen LogP contribution in [-0.2, 0) is 25.3 Å². The van der Waals surface area contributed by atoms with Crippen molar-refractivity contribution >= 4 is 34.5 Å². The van der Waals surface area contributed by atoms with Crippen LogP contribution in [0.5, 0.6) is 0 Å². The van der Waals surface area contributed by atoms with Gasteiger partial charge in [-0.3, -0.25) is 4.79 Å². The van der Waals surface area contributed by atoms with Crippen molar-refractivity contribution in [2.75, 3.05) is 5.75 Å². The van der Waals surface area contributed by atoms with E-state index in [9.17, 15) is 13.8 Å². The van der Waals surface area contributed by atoms with Gasteiger partial charge in [0.15, 0.2) is 0 Å². The van der Waals surface area contributed by atoms with Crippen LogP contribution in [0.4, 0.5) is 0 Å². The van der Waals surface area contributed by atoms with Crippen LogP contribution in [0.2, 0.25) is 0 Å². The molecule has 7 heteroatoms. The predicted octanol–water partition coefficient (Wildman–Crippen LogP) is 5.98. The number of thioether (sulfide) groups is 1. The molecule has 0 fully saturated rings. The van der Waals surface area contributed by atoms with E-state index in [0.717, 1.165) is 21.6 Å². The van der Waals surface area contributed by atoms with Crippen molar-refractivity contribution in [3.05, 3.63) is 95.6 Å². The minimum absolute atomic E-state index is 0.306. The fraction of sp³-hybridized carbons (Fsp3) is 0.310. The summed E-state index contributed by atoms with van der Waals surface area (Å²) in [6, 6.07) is 24.0. The minimum Gasteiger partial charge on any atom is -0.454 e. The second-order valence-corrected chi connectivity index (χ2v) is 11.9. The number of benzene rings is 3. The molecule has 1 unspecified atom stereocenters. The van der Waals surface area contributed by atoms with Gasteiger partial charge in [-0.15, -0.1) is 11.8 Å². The smallest absolute Gasteiger partial charge is 0.375 e. The summed E-state index contributed by atoms with van der Waals surface area (Å²) in [5.41, 5.74) is 2.10. The number of esters is 1. The Balaban J connectivity index is 1.98. The first-order chi connectivity index (χ1) is 17.0. The molecule has 3 aromatic carbocycles. The molecule has 3 rings (SSSR count). The molecule has 0 aromatic heterocycles. The Labute approximate surface area is 220 Å². The Morgan fingerprint density at radius 3 is 2.14 bits per heavy atom. The van der Waals surface area contributed by atoms with Crippen molar-refractivity contribution in [2.24, 2.45) is 5.92 Å². The average molecular weight is 524 g/mol. The summed E-state index contributed by atoms with van der Waals surface area (Å²) >= 11 is 1.50.